The smallest absolute Gasteiger partial charge is 0.337 e. The van der Waals surface area contributed by atoms with Crippen molar-refractivity contribution in [3.05, 3.63) is 75.7 Å². The molecule has 6 nitrogen and oxygen atoms in total. The van der Waals surface area contributed by atoms with Crippen LogP contribution in [0.4, 0.5) is 10.5 Å². The normalized spacial score (nSPS) is 15.0. The number of ether oxygens (including phenoxy) is 1. The Kier molecular flexibility index (Phi) is 6.51. The van der Waals surface area contributed by atoms with Gasteiger partial charge in [-0.2, -0.15) is 0 Å². The number of carbonyl (C=O) groups excluding carboxylic acids is 3. The van der Waals surface area contributed by atoms with Crippen LogP contribution < -0.4 is 10.6 Å². The van der Waals surface area contributed by atoms with Crippen molar-refractivity contribution in [3.63, 3.8) is 0 Å². The number of anilines is 1. The van der Waals surface area contributed by atoms with Crippen molar-refractivity contribution in [1.82, 2.24) is 5.32 Å². The summed E-state index contributed by atoms with van der Waals surface area (Å²) in [5, 5.41) is 5.30. The Labute approximate surface area is 173 Å². The summed E-state index contributed by atoms with van der Waals surface area (Å²) in [6.45, 7) is 2.47. The molecule has 1 heterocycles. The molecule has 3 rings (SSSR count). The van der Waals surface area contributed by atoms with Crippen molar-refractivity contribution in [3.8, 4) is 0 Å². The summed E-state index contributed by atoms with van der Waals surface area (Å²) in [6.07, 6.45) is 5.59. The van der Waals surface area contributed by atoms with Gasteiger partial charge in [-0.05, 0) is 54.1 Å². The van der Waals surface area contributed by atoms with Gasteiger partial charge in [-0.1, -0.05) is 36.4 Å². The van der Waals surface area contributed by atoms with Gasteiger partial charge in [-0.3, -0.25) is 14.9 Å². The zero-order valence-electron chi connectivity index (χ0n) is 16.0. The zero-order chi connectivity index (χ0) is 20.8. The average molecular weight is 408 g/mol. The minimum absolute atomic E-state index is 0.362. The number of hydrogen-bond acceptors (Lipinski definition) is 6. The summed E-state index contributed by atoms with van der Waals surface area (Å²) in [4.78, 5) is 35.2. The van der Waals surface area contributed by atoms with E-state index >= 15 is 0 Å². The molecule has 0 unspecified atom stereocenters. The van der Waals surface area contributed by atoms with Crippen LogP contribution in [-0.2, 0) is 16.1 Å². The maximum absolute atomic E-state index is 11.9. The predicted octanol–water partition coefficient (Wildman–Crippen LogP) is 4.44. The van der Waals surface area contributed by atoms with Gasteiger partial charge in [0.15, 0.2) is 0 Å². The molecule has 1 fully saturated rings. The molecular weight excluding hydrogens is 388 g/mol. The van der Waals surface area contributed by atoms with Gasteiger partial charge in [-0.15, -0.1) is 0 Å². The second kappa shape index (κ2) is 9.25. The Morgan fingerprint density at radius 2 is 1.93 bits per heavy atom. The lowest BCUT2D eigenvalue weighted by molar-refractivity contribution is -0.115. The first-order valence-corrected chi connectivity index (χ1v) is 9.75. The van der Waals surface area contributed by atoms with Crippen LogP contribution in [0, 0.1) is 0 Å². The van der Waals surface area contributed by atoms with E-state index in [0.717, 1.165) is 34.1 Å². The summed E-state index contributed by atoms with van der Waals surface area (Å²) in [5.74, 6) is -0.747. The molecule has 29 heavy (non-hydrogen) atoms. The number of nitrogens with one attached hydrogen (secondary N) is 2. The molecule has 2 aromatic carbocycles. The lowest BCUT2D eigenvalue weighted by atomic mass is 10.0. The fraction of sp³-hybridized carbons (Fsp3) is 0.136. The van der Waals surface area contributed by atoms with E-state index in [1.54, 1.807) is 18.2 Å². The van der Waals surface area contributed by atoms with E-state index in [2.05, 4.69) is 10.6 Å². The molecule has 2 amide bonds. The van der Waals surface area contributed by atoms with Crippen LogP contribution >= 0.6 is 11.8 Å². The summed E-state index contributed by atoms with van der Waals surface area (Å²) in [7, 11) is 1.35. The standard InChI is InChI=1S/C22H20N2O4S/c1-3-5-17-16(12-19-20(25)24-22(27)29-19)6-4-7-18(17)23-13-14-8-10-15(11-9-14)21(26)28-2/h3-12,23H,13H2,1-2H3,(H,24,25,27)/b5-3-,19-12-. The summed E-state index contributed by atoms with van der Waals surface area (Å²) >= 11 is 0.896. The molecule has 0 aromatic heterocycles. The largest absolute Gasteiger partial charge is 0.465 e. The number of rotatable bonds is 6. The van der Waals surface area contributed by atoms with Gasteiger partial charge in [-0.25, -0.2) is 4.79 Å². The highest BCUT2D eigenvalue weighted by molar-refractivity contribution is 8.18. The number of carbonyl (C=O) groups is 3. The van der Waals surface area contributed by atoms with Crippen LogP contribution in [0.3, 0.4) is 0 Å². The minimum atomic E-state index is -0.379. The quantitative estimate of drug-likeness (QED) is 0.543. The van der Waals surface area contributed by atoms with E-state index in [9.17, 15) is 14.4 Å². The Morgan fingerprint density at radius 1 is 1.17 bits per heavy atom. The molecule has 0 aliphatic carbocycles. The SMILES string of the molecule is C/C=C\c1c(/C=C2\SC(=O)NC2=O)cccc1NCc1ccc(C(=O)OC)cc1. The van der Waals surface area contributed by atoms with E-state index in [0.29, 0.717) is 17.0 Å². The Bertz CT molecular complexity index is 1010. The topological polar surface area (TPSA) is 84.5 Å². The number of thioether (sulfide) groups is 1. The zero-order valence-corrected chi connectivity index (χ0v) is 16.8. The third-order valence-electron chi connectivity index (χ3n) is 4.26. The van der Waals surface area contributed by atoms with Crippen LogP contribution in [0.2, 0.25) is 0 Å². The second-order valence-corrected chi connectivity index (χ2v) is 7.22. The van der Waals surface area contributed by atoms with E-state index in [-0.39, 0.29) is 17.1 Å². The summed E-state index contributed by atoms with van der Waals surface area (Å²) in [6, 6.07) is 12.9. The van der Waals surface area contributed by atoms with Gasteiger partial charge in [0, 0.05) is 17.8 Å². The van der Waals surface area contributed by atoms with Gasteiger partial charge in [0.1, 0.15) is 0 Å². The van der Waals surface area contributed by atoms with Crippen molar-refractivity contribution in [2.75, 3.05) is 12.4 Å². The third kappa shape index (κ3) is 4.94. The number of hydrogen-bond donors (Lipinski definition) is 2. The molecule has 0 bridgehead atoms. The van der Waals surface area contributed by atoms with Gasteiger partial charge < -0.3 is 10.1 Å². The van der Waals surface area contributed by atoms with Crippen molar-refractivity contribution in [2.45, 2.75) is 13.5 Å². The van der Waals surface area contributed by atoms with E-state index < -0.39 is 0 Å². The molecular formula is C22H20N2O4S. The number of amides is 2. The molecule has 2 aromatic rings. The van der Waals surface area contributed by atoms with Crippen molar-refractivity contribution < 1.29 is 19.1 Å². The minimum Gasteiger partial charge on any atom is -0.465 e. The van der Waals surface area contributed by atoms with Crippen LogP contribution in [0.5, 0.6) is 0 Å². The fourth-order valence-corrected chi connectivity index (χ4v) is 3.52. The number of methoxy groups -OCH3 is 1. The first-order chi connectivity index (χ1) is 14.0. The number of benzene rings is 2. The van der Waals surface area contributed by atoms with E-state index in [4.69, 9.17) is 4.74 Å². The van der Waals surface area contributed by atoms with Crippen molar-refractivity contribution in [2.24, 2.45) is 0 Å². The lowest BCUT2D eigenvalue weighted by Gasteiger charge is -2.13. The maximum Gasteiger partial charge on any atom is 0.337 e. The van der Waals surface area contributed by atoms with Gasteiger partial charge in [0.25, 0.3) is 11.1 Å². The second-order valence-electron chi connectivity index (χ2n) is 6.20. The van der Waals surface area contributed by atoms with Crippen molar-refractivity contribution in [1.29, 1.82) is 0 Å². The molecule has 1 aliphatic rings. The van der Waals surface area contributed by atoms with E-state index in [1.165, 1.54) is 7.11 Å². The average Bonchev–Trinajstić information content (AvgIpc) is 3.04. The van der Waals surface area contributed by atoms with Gasteiger partial charge >= 0.3 is 5.97 Å². The first kappa shape index (κ1) is 20.4. The van der Waals surface area contributed by atoms with Gasteiger partial charge in [0.2, 0.25) is 0 Å². The molecule has 2 N–H and O–H groups in total. The molecule has 0 saturated carbocycles. The Balaban J connectivity index is 1.82. The van der Waals surface area contributed by atoms with Gasteiger partial charge in [0.05, 0.1) is 17.6 Å². The Morgan fingerprint density at radius 3 is 2.55 bits per heavy atom. The first-order valence-electron chi connectivity index (χ1n) is 8.93. The molecule has 0 atom stereocenters. The molecule has 1 aliphatic heterocycles. The number of esters is 1. The molecule has 0 radical (unpaired) electrons. The highest BCUT2D eigenvalue weighted by atomic mass is 32.2. The van der Waals surface area contributed by atoms with Crippen LogP contribution in [0.1, 0.15) is 34.0 Å². The molecule has 0 spiro atoms. The molecule has 7 heteroatoms. The maximum atomic E-state index is 11.9. The number of imide groups is 1. The Hall–Kier alpha value is -3.32. The molecule has 148 valence electrons. The fourth-order valence-electron chi connectivity index (χ4n) is 2.85. The van der Waals surface area contributed by atoms with Crippen molar-refractivity contribution >= 4 is 46.7 Å². The highest BCUT2D eigenvalue weighted by Gasteiger charge is 2.25. The van der Waals surface area contributed by atoms with Crippen LogP contribution in [0.15, 0.2) is 53.4 Å². The predicted molar refractivity (Wildman–Crippen MR) is 115 cm³/mol. The number of allylic oxidation sites excluding steroid dienone is 1. The third-order valence-corrected chi connectivity index (χ3v) is 5.07. The lowest BCUT2D eigenvalue weighted by Crippen LogP contribution is -2.17. The molecule has 1 saturated heterocycles. The van der Waals surface area contributed by atoms with Crippen LogP contribution in [0.25, 0.3) is 12.2 Å². The van der Waals surface area contributed by atoms with Crippen LogP contribution in [-0.4, -0.2) is 24.2 Å². The summed E-state index contributed by atoms with van der Waals surface area (Å²) < 4.78 is 4.71. The van der Waals surface area contributed by atoms with E-state index in [1.807, 2.05) is 49.4 Å². The summed E-state index contributed by atoms with van der Waals surface area (Å²) in [5.41, 5.74) is 4.15. The highest BCUT2D eigenvalue weighted by Crippen LogP contribution is 2.30. The monoisotopic (exact) mass is 408 g/mol.